The molecule has 8 nitrogen and oxygen atoms in total. The maximum Gasteiger partial charge on any atom is 0.252 e. The Bertz CT molecular complexity index is 869. The number of nitrogens with one attached hydrogen (secondary N) is 1. The molecule has 1 N–H and O–H groups in total. The standard InChI is InChI=1S/C18H24ClN3O5S/c1-12(2)21(3)28(26,27)13-5-6-15(19)14(11-13)18(25)20-9-4-10-22-16(23)7-8-17(22)24/h5-6,11-12H,4,7-10H2,1-3H3,(H,20,25). The summed E-state index contributed by atoms with van der Waals surface area (Å²) >= 11 is 6.07. The number of likely N-dealkylation sites (tertiary alicyclic amines) is 1. The van der Waals surface area contributed by atoms with Crippen molar-refractivity contribution in [2.75, 3.05) is 20.1 Å². The Morgan fingerprint density at radius 3 is 2.43 bits per heavy atom. The second kappa shape index (κ2) is 9.02. The molecule has 1 aliphatic rings. The third-order valence-electron chi connectivity index (χ3n) is 4.59. The lowest BCUT2D eigenvalue weighted by molar-refractivity contribution is -0.138. The number of rotatable bonds is 8. The van der Waals surface area contributed by atoms with Crippen LogP contribution < -0.4 is 5.32 Å². The highest BCUT2D eigenvalue weighted by Gasteiger charge is 2.28. The fraction of sp³-hybridized carbons (Fsp3) is 0.500. The molecule has 28 heavy (non-hydrogen) atoms. The minimum atomic E-state index is -3.75. The Balaban J connectivity index is 2.03. The number of nitrogens with zero attached hydrogens (tertiary/aromatic N) is 2. The van der Waals surface area contributed by atoms with Gasteiger partial charge in [-0.2, -0.15) is 4.31 Å². The van der Waals surface area contributed by atoms with Crippen LogP contribution >= 0.6 is 11.6 Å². The van der Waals surface area contributed by atoms with E-state index in [2.05, 4.69) is 5.32 Å². The van der Waals surface area contributed by atoms with E-state index in [-0.39, 0.29) is 59.3 Å². The third kappa shape index (κ3) is 4.89. The van der Waals surface area contributed by atoms with E-state index in [0.717, 1.165) is 0 Å². The van der Waals surface area contributed by atoms with E-state index < -0.39 is 15.9 Å². The topological polar surface area (TPSA) is 104 Å². The van der Waals surface area contributed by atoms with Crippen LogP contribution in [0.2, 0.25) is 5.02 Å². The molecule has 154 valence electrons. The van der Waals surface area contributed by atoms with Crippen molar-refractivity contribution in [3.63, 3.8) is 0 Å². The van der Waals surface area contributed by atoms with Crippen molar-refractivity contribution in [3.05, 3.63) is 28.8 Å². The van der Waals surface area contributed by atoms with Crippen LogP contribution in [0.4, 0.5) is 0 Å². The summed E-state index contributed by atoms with van der Waals surface area (Å²) in [5, 5.41) is 2.78. The number of sulfonamides is 1. The van der Waals surface area contributed by atoms with Crippen molar-refractivity contribution in [2.45, 2.75) is 44.0 Å². The number of hydrogen-bond acceptors (Lipinski definition) is 5. The molecule has 0 spiro atoms. The zero-order valence-electron chi connectivity index (χ0n) is 16.1. The summed E-state index contributed by atoms with van der Waals surface area (Å²) in [4.78, 5) is 36.7. The predicted octanol–water partition coefficient (Wildman–Crippen LogP) is 1.64. The van der Waals surface area contributed by atoms with E-state index in [1.54, 1.807) is 13.8 Å². The van der Waals surface area contributed by atoms with Gasteiger partial charge in [-0.05, 0) is 38.5 Å². The molecular formula is C18H24ClN3O5S. The number of carbonyl (C=O) groups is 3. The van der Waals surface area contributed by atoms with Gasteiger partial charge in [-0.25, -0.2) is 8.42 Å². The molecule has 10 heteroatoms. The second-order valence-corrected chi connectivity index (χ2v) is 9.21. The molecule has 1 aliphatic heterocycles. The maximum atomic E-state index is 12.6. The Morgan fingerprint density at radius 2 is 1.86 bits per heavy atom. The van der Waals surface area contributed by atoms with Gasteiger partial charge in [0.05, 0.1) is 15.5 Å². The summed E-state index contributed by atoms with van der Waals surface area (Å²) < 4.78 is 26.4. The van der Waals surface area contributed by atoms with Crippen molar-refractivity contribution in [1.82, 2.24) is 14.5 Å². The molecule has 0 aromatic heterocycles. The van der Waals surface area contributed by atoms with E-state index in [0.29, 0.717) is 6.42 Å². The lowest BCUT2D eigenvalue weighted by atomic mass is 10.2. The van der Waals surface area contributed by atoms with Gasteiger partial charge < -0.3 is 5.32 Å². The van der Waals surface area contributed by atoms with Crippen LogP contribution in [0.3, 0.4) is 0 Å². The molecule has 0 unspecified atom stereocenters. The quantitative estimate of drug-likeness (QED) is 0.499. The fourth-order valence-electron chi connectivity index (χ4n) is 2.69. The van der Waals surface area contributed by atoms with Gasteiger partial charge in [-0.3, -0.25) is 19.3 Å². The molecule has 0 aliphatic carbocycles. The van der Waals surface area contributed by atoms with Crippen molar-refractivity contribution in [2.24, 2.45) is 0 Å². The average molecular weight is 430 g/mol. The van der Waals surface area contributed by atoms with E-state index >= 15 is 0 Å². The number of imide groups is 1. The highest BCUT2D eigenvalue weighted by Crippen LogP contribution is 2.23. The minimum Gasteiger partial charge on any atom is -0.352 e. The largest absolute Gasteiger partial charge is 0.352 e. The van der Waals surface area contributed by atoms with Crippen molar-refractivity contribution >= 4 is 39.3 Å². The Hall–Kier alpha value is -1.97. The highest BCUT2D eigenvalue weighted by atomic mass is 35.5. The van der Waals surface area contributed by atoms with Crippen LogP contribution in [-0.4, -0.2) is 61.5 Å². The van der Waals surface area contributed by atoms with Crippen molar-refractivity contribution in [3.8, 4) is 0 Å². The van der Waals surface area contributed by atoms with E-state index in [9.17, 15) is 22.8 Å². The maximum absolute atomic E-state index is 12.6. The molecule has 1 aromatic carbocycles. The number of amides is 3. The fourth-order valence-corrected chi connectivity index (χ4v) is 4.29. The highest BCUT2D eigenvalue weighted by molar-refractivity contribution is 7.89. The van der Waals surface area contributed by atoms with Gasteiger partial charge in [0.2, 0.25) is 21.8 Å². The molecule has 0 saturated carbocycles. The molecule has 1 heterocycles. The first-order valence-corrected chi connectivity index (χ1v) is 10.8. The van der Waals surface area contributed by atoms with Crippen LogP contribution in [0.25, 0.3) is 0 Å². The van der Waals surface area contributed by atoms with Gasteiger partial charge in [-0.15, -0.1) is 0 Å². The van der Waals surface area contributed by atoms with Crippen molar-refractivity contribution in [1.29, 1.82) is 0 Å². The lowest BCUT2D eigenvalue weighted by Gasteiger charge is -2.21. The first-order chi connectivity index (χ1) is 13.1. The second-order valence-electron chi connectivity index (χ2n) is 6.81. The number of carbonyl (C=O) groups excluding carboxylic acids is 3. The summed E-state index contributed by atoms with van der Waals surface area (Å²) in [5.74, 6) is -0.925. The SMILES string of the molecule is CC(C)N(C)S(=O)(=O)c1ccc(Cl)c(C(=O)NCCCN2C(=O)CCC2=O)c1. The summed E-state index contributed by atoms with van der Waals surface area (Å²) in [5.41, 5.74) is 0.0493. The van der Waals surface area contributed by atoms with E-state index in [1.807, 2.05) is 0 Å². The molecule has 0 radical (unpaired) electrons. The molecule has 0 bridgehead atoms. The van der Waals surface area contributed by atoms with Crippen LogP contribution in [0.5, 0.6) is 0 Å². The number of halogens is 1. The summed E-state index contributed by atoms with van der Waals surface area (Å²) in [6.45, 7) is 3.95. The van der Waals surface area contributed by atoms with Crippen LogP contribution in [0.15, 0.2) is 23.1 Å². The average Bonchev–Trinajstić information content (AvgIpc) is 2.96. The van der Waals surface area contributed by atoms with Crippen LogP contribution in [0, 0.1) is 0 Å². The lowest BCUT2D eigenvalue weighted by Crippen LogP contribution is -2.34. The number of benzene rings is 1. The van der Waals surface area contributed by atoms with Gasteiger partial charge >= 0.3 is 0 Å². The molecule has 1 fully saturated rings. The smallest absolute Gasteiger partial charge is 0.252 e. The third-order valence-corrected chi connectivity index (χ3v) is 6.94. The van der Waals surface area contributed by atoms with E-state index in [4.69, 9.17) is 11.6 Å². The monoisotopic (exact) mass is 429 g/mol. The minimum absolute atomic E-state index is 0.0217. The van der Waals surface area contributed by atoms with Crippen LogP contribution in [-0.2, 0) is 19.6 Å². The van der Waals surface area contributed by atoms with Gasteiger partial charge in [0.25, 0.3) is 5.91 Å². The van der Waals surface area contributed by atoms with Gasteiger partial charge in [0.1, 0.15) is 0 Å². The first kappa shape index (κ1) is 22.3. The molecule has 2 rings (SSSR count). The van der Waals surface area contributed by atoms with Gasteiger partial charge in [0, 0.05) is 39.0 Å². The van der Waals surface area contributed by atoms with Crippen molar-refractivity contribution < 1.29 is 22.8 Å². The summed E-state index contributed by atoms with van der Waals surface area (Å²) in [6.07, 6.45) is 0.856. The molecular weight excluding hydrogens is 406 g/mol. The summed E-state index contributed by atoms with van der Waals surface area (Å²) in [7, 11) is -2.28. The first-order valence-electron chi connectivity index (χ1n) is 8.94. The Kier molecular flexibility index (Phi) is 7.19. The molecule has 1 aromatic rings. The van der Waals surface area contributed by atoms with E-state index in [1.165, 1.54) is 34.5 Å². The predicted molar refractivity (Wildman–Crippen MR) is 104 cm³/mol. The van der Waals surface area contributed by atoms with Gasteiger partial charge in [0.15, 0.2) is 0 Å². The van der Waals surface area contributed by atoms with Gasteiger partial charge in [-0.1, -0.05) is 11.6 Å². The normalized spacial score (nSPS) is 15.0. The molecule has 3 amide bonds. The Labute approximate surface area is 169 Å². The molecule has 0 atom stereocenters. The molecule has 1 saturated heterocycles. The van der Waals surface area contributed by atoms with Crippen LogP contribution in [0.1, 0.15) is 43.5 Å². The zero-order valence-corrected chi connectivity index (χ0v) is 17.6. The Morgan fingerprint density at radius 1 is 1.25 bits per heavy atom. The summed E-state index contributed by atoms with van der Waals surface area (Å²) in [6, 6.07) is 3.74. The zero-order chi connectivity index (χ0) is 21.1. The number of hydrogen-bond donors (Lipinski definition) is 1.